The number of benzene rings is 1. The van der Waals surface area contributed by atoms with Crippen LogP contribution in [0.4, 0.5) is 5.69 Å². The van der Waals surface area contributed by atoms with Crippen LogP contribution in [0.3, 0.4) is 0 Å². The lowest BCUT2D eigenvalue weighted by Crippen LogP contribution is -2.13. The van der Waals surface area contributed by atoms with Crippen LogP contribution in [0.15, 0.2) is 43.0 Å². The number of rotatable bonds is 7. The largest absolute Gasteiger partial charge is 0.478 e. The van der Waals surface area contributed by atoms with Crippen molar-refractivity contribution in [3.8, 4) is 5.75 Å². The first kappa shape index (κ1) is 16.5. The number of carbonyl (C=O) groups is 1. The number of para-hydroxylation sites is 2. The van der Waals surface area contributed by atoms with Gasteiger partial charge in [0.05, 0.1) is 4.92 Å². The number of ether oxygens (including phenoxy) is 1. The van der Waals surface area contributed by atoms with Crippen molar-refractivity contribution >= 4 is 11.5 Å². The maximum Gasteiger partial charge on any atom is 0.310 e. The number of nitrogens with zero attached hydrogens (tertiary/aromatic N) is 2. The molecular weight excluding hydrogens is 296 g/mol. The minimum Gasteiger partial charge on any atom is -0.478 e. The summed E-state index contributed by atoms with van der Waals surface area (Å²) in [7, 11) is 0. The van der Waals surface area contributed by atoms with Gasteiger partial charge in [0.15, 0.2) is 12.4 Å². The highest BCUT2D eigenvalue weighted by molar-refractivity contribution is 5.98. The van der Waals surface area contributed by atoms with E-state index in [2.05, 4.69) is 6.58 Å². The summed E-state index contributed by atoms with van der Waals surface area (Å²) in [5, 5.41) is 10.9. The zero-order valence-corrected chi connectivity index (χ0v) is 13.1. The first-order chi connectivity index (χ1) is 11.0. The lowest BCUT2D eigenvalue weighted by Gasteiger charge is -2.07. The molecule has 0 radical (unpaired) electrons. The summed E-state index contributed by atoms with van der Waals surface area (Å²) in [5.41, 5.74) is 2.19. The number of nitro groups is 1. The zero-order valence-electron chi connectivity index (χ0n) is 13.1. The molecule has 2 rings (SSSR count). The Hall–Kier alpha value is -2.89. The average molecular weight is 314 g/mol. The van der Waals surface area contributed by atoms with Crippen molar-refractivity contribution in [1.82, 2.24) is 4.57 Å². The van der Waals surface area contributed by atoms with Crippen LogP contribution in [0.1, 0.15) is 21.7 Å². The molecule has 6 nitrogen and oxygen atoms in total. The third-order valence-corrected chi connectivity index (χ3v) is 3.61. The monoisotopic (exact) mass is 314 g/mol. The quantitative estimate of drug-likeness (QED) is 0.339. The van der Waals surface area contributed by atoms with Crippen LogP contribution in [-0.4, -0.2) is 21.9 Å². The molecule has 6 heteroatoms. The summed E-state index contributed by atoms with van der Waals surface area (Å²) < 4.78 is 7.34. The van der Waals surface area contributed by atoms with E-state index in [9.17, 15) is 14.9 Å². The predicted molar refractivity (Wildman–Crippen MR) is 87.0 cm³/mol. The standard InChI is InChI=1S/C17H18N2O4/c1-4-9-18-12(2)10-14(13(18)3)16(20)11-23-17-8-6-5-7-15(17)19(21)22/h4-8,10H,1,9,11H2,2-3H3. The van der Waals surface area contributed by atoms with Crippen LogP contribution >= 0.6 is 0 Å². The van der Waals surface area contributed by atoms with Crippen molar-refractivity contribution < 1.29 is 14.5 Å². The van der Waals surface area contributed by atoms with E-state index in [1.54, 1.807) is 24.3 Å². The molecule has 0 N–H and O–H groups in total. The van der Waals surface area contributed by atoms with E-state index in [4.69, 9.17) is 4.74 Å². The van der Waals surface area contributed by atoms with Crippen LogP contribution in [0.5, 0.6) is 5.75 Å². The number of aryl methyl sites for hydroxylation is 1. The molecule has 2 aromatic rings. The molecule has 1 aromatic carbocycles. The Morgan fingerprint density at radius 2 is 2.09 bits per heavy atom. The fourth-order valence-electron chi connectivity index (χ4n) is 2.44. The molecule has 0 aliphatic rings. The van der Waals surface area contributed by atoms with E-state index >= 15 is 0 Å². The first-order valence-electron chi connectivity index (χ1n) is 7.12. The Bertz CT molecular complexity index is 762. The van der Waals surface area contributed by atoms with E-state index in [-0.39, 0.29) is 23.8 Å². The van der Waals surface area contributed by atoms with E-state index < -0.39 is 4.92 Å². The van der Waals surface area contributed by atoms with Crippen molar-refractivity contribution in [3.05, 3.63) is 70.1 Å². The summed E-state index contributed by atoms with van der Waals surface area (Å²) in [6, 6.07) is 7.80. The Labute approximate surface area is 134 Å². The van der Waals surface area contributed by atoms with Gasteiger partial charge in [0.1, 0.15) is 0 Å². The SMILES string of the molecule is C=CCn1c(C)cc(C(=O)COc2ccccc2[N+](=O)[O-])c1C. The normalized spacial score (nSPS) is 10.3. The molecule has 0 amide bonds. The third-order valence-electron chi connectivity index (χ3n) is 3.61. The Kier molecular flexibility index (Phi) is 4.95. The van der Waals surface area contributed by atoms with Gasteiger partial charge in [0.25, 0.3) is 0 Å². The average Bonchev–Trinajstić information content (AvgIpc) is 2.81. The number of allylic oxidation sites excluding steroid dienone is 1. The molecule has 0 fully saturated rings. The highest BCUT2D eigenvalue weighted by atomic mass is 16.6. The van der Waals surface area contributed by atoms with Gasteiger partial charge in [0.2, 0.25) is 5.78 Å². The first-order valence-corrected chi connectivity index (χ1v) is 7.12. The molecule has 0 saturated heterocycles. The van der Waals surface area contributed by atoms with Crippen molar-refractivity contribution in [1.29, 1.82) is 0 Å². The highest BCUT2D eigenvalue weighted by Gasteiger charge is 2.18. The van der Waals surface area contributed by atoms with Crippen molar-refractivity contribution in [2.75, 3.05) is 6.61 Å². The molecule has 0 bridgehead atoms. The van der Waals surface area contributed by atoms with Gasteiger partial charge in [-0.2, -0.15) is 0 Å². The number of nitro benzene ring substituents is 1. The Morgan fingerprint density at radius 1 is 1.39 bits per heavy atom. The smallest absolute Gasteiger partial charge is 0.310 e. The number of hydrogen-bond donors (Lipinski definition) is 0. The summed E-state index contributed by atoms with van der Waals surface area (Å²) >= 11 is 0. The third kappa shape index (κ3) is 3.48. The van der Waals surface area contributed by atoms with Gasteiger partial charge in [-0.3, -0.25) is 14.9 Å². The highest BCUT2D eigenvalue weighted by Crippen LogP contribution is 2.26. The Balaban J connectivity index is 2.16. The number of Topliss-reactive ketones (excluding diaryl/α,β-unsaturated/α-hetero) is 1. The van der Waals surface area contributed by atoms with E-state index in [0.29, 0.717) is 12.1 Å². The van der Waals surface area contributed by atoms with Crippen LogP contribution in [-0.2, 0) is 6.54 Å². The summed E-state index contributed by atoms with van der Waals surface area (Å²) in [4.78, 5) is 22.8. The summed E-state index contributed by atoms with van der Waals surface area (Å²) in [5.74, 6) is -0.127. The molecule has 0 atom stereocenters. The lowest BCUT2D eigenvalue weighted by atomic mass is 10.1. The number of hydrogen-bond acceptors (Lipinski definition) is 4. The number of ketones is 1. The maximum atomic E-state index is 12.4. The van der Waals surface area contributed by atoms with Crippen LogP contribution in [0.25, 0.3) is 0 Å². The van der Waals surface area contributed by atoms with Crippen molar-refractivity contribution in [3.63, 3.8) is 0 Å². The fourth-order valence-corrected chi connectivity index (χ4v) is 2.44. The van der Waals surface area contributed by atoms with Crippen LogP contribution in [0, 0.1) is 24.0 Å². The van der Waals surface area contributed by atoms with Gasteiger partial charge in [-0.1, -0.05) is 18.2 Å². The van der Waals surface area contributed by atoms with Gasteiger partial charge in [-0.25, -0.2) is 0 Å². The summed E-state index contributed by atoms with van der Waals surface area (Å²) in [6.07, 6.45) is 1.76. The minimum absolute atomic E-state index is 0.0887. The molecular formula is C17H18N2O4. The van der Waals surface area contributed by atoms with Crippen LogP contribution in [0.2, 0.25) is 0 Å². The fraction of sp³-hybridized carbons (Fsp3) is 0.235. The molecule has 0 unspecified atom stereocenters. The molecule has 0 spiro atoms. The molecule has 120 valence electrons. The Morgan fingerprint density at radius 3 is 2.74 bits per heavy atom. The van der Waals surface area contributed by atoms with Gasteiger partial charge < -0.3 is 9.30 Å². The topological polar surface area (TPSA) is 74.4 Å². The second kappa shape index (κ2) is 6.91. The second-order valence-electron chi connectivity index (χ2n) is 5.12. The second-order valence-corrected chi connectivity index (χ2v) is 5.12. The van der Waals surface area contributed by atoms with E-state index in [0.717, 1.165) is 11.4 Å². The van der Waals surface area contributed by atoms with E-state index in [1.807, 2.05) is 18.4 Å². The minimum atomic E-state index is -0.532. The van der Waals surface area contributed by atoms with E-state index in [1.165, 1.54) is 12.1 Å². The van der Waals surface area contributed by atoms with Gasteiger partial charge in [0, 0.05) is 29.6 Å². The lowest BCUT2D eigenvalue weighted by molar-refractivity contribution is -0.385. The maximum absolute atomic E-state index is 12.4. The molecule has 0 aliphatic heterocycles. The van der Waals surface area contributed by atoms with Gasteiger partial charge in [-0.05, 0) is 26.0 Å². The molecule has 1 heterocycles. The predicted octanol–water partition coefficient (Wildman–Crippen LogP) is 3.46. The molecule has 23 heavy (non-hydrogen) atoms. The molecule has 1 aromatic heterocycles. The zero-order chi connectivity index (χ0) is 17.0. The van der Waals surface area contributed by atoms with Gasteiger partial charge in [-0.15, -0.1) is 6.58 Å². The summed E-state index contributed by atoms with van der Waals surface area (Å²) in [6.45, 7) is 7.84. The molecule has 0 aliphatic carbocycles. The molecule has 0 saturated carbocycles. The van der Waals surface area contributed by atoms with Crippen LogP contribution < -0.4 is 4.74 Å². The van der Waals surface area contributed by atoms with Crippen molar-refractivity contribution in [2.45, 2.75) is 20.4 Å². The number of aromatic nitrogens is 1. The van der Waals surface area contributed by atoms with Crippen molar-refractivity contribution in [2.24, 2.45) is 0 Å². The van der Waals surface area contributed by atoms with Gasteiger partial charge >= 0.3 is 5.69 Å². The number of carbonyl (C=O) groups excluding carboxylic acids is 1.